The van der Waals surface area contributed by atoms with Crippen LogP contribution in [0.2, 0.25) is 0 Å². The first-order chi connectivity index (χ1) is 6.43. The molecule has 0 saturated heterocycles. The zero-order valence-corrected chi connectivity index (χ0v) is 9.18. The Hall–Kier alpha value is -0.350. The molecule has 0 aliphatic heterocycles. The molecule has 2 unspecified atom stereocenters. The quantitative estimate of drug-likeness (QED) is 0.539. The van der Waals surface area contributed by atoms with Crippen molar-refractivity contribution < 1.29 is 13.0 Å². The Kier molecular flexibility index (Phi) is 2.23. The first-order valence-corrected chi connectivity index (χ1v) is 6.54. The smallest absolute Gasteiger partial charge is 0.271 e. The third kappa shape index (κ3) is 1.50. The molecule has 0 heterocycles. The second kappa shape index (κ2) is 3.07. The Morgan fingerprint density at radius 3 is 2.93 bits per heavy atom. The Morgan fingerprint density at radius 2 is 2.29 bits per heavy atom. The van der Waals surface area contributed by atoms with Crippen molar-refractivity contribution in [1.82, 2.24) is 0 Å². The Labute approximate surface area is 85.0 Å². The molecule has 2 aliphatic carbocycles. The summed E-state index contributed by atoms with van der Waals surface area (Å²) in [6.07, 6.45) is 5.81. The second-order valence-corrected chi connectivity index (χ2v) is 6.51. The van der Waals surface area contributed by atoms with Crippen LogP contribution in [-0.4, -0.2) is 17.7 Å². The average Bonchev–Trinajstić information content (AvgIpc) is 2.00. The first kappa shape index (κ1) is 10.2. The van der Waals surface area contributed by atoms with Crippen LogP contribution in [0, 0.1) is 5.92 Å². The zero-order valence-electron chi connectivity index (χ0n) is 8.36. The summed E-state index contributed by atoms with van der Waals surface area (Å²) >= 11 is 0. The molecule has 0 radical (unpaired) electrons. The lowest BCUT2D eigenvalue weighted by molar-refractivity contribution is 0.321. The summed E-state index contributed by atoms with van der Waals surface area (Å²) in [6.45, 7) is 2.02. The van der Waals surface area contributed by atoms with Crippen LogP contribution in [-0.2, 0) is 10.1 Å². The van der Waals surface area contributed by atoms with E-state index in [0.717, 1.165) is 12.8 Å². The summed E-state index contributed by atoms with van der Waals surface area (Å²) in [7, 11) is -3.89. The van der Waals surface area contributed by atoms with Crippen molar-refractivity contribution in [3.8, 4) is 0 Å². The molecule has 1 saturated carbocycles. The van der Waals surface area contributed by atoms with Gasteiger partial charge in [0, 0.05) is 0 Å². The van der Waals surface area contributed by atoms with E-state index in [0.29, 0.717) is 19.3 Å². The van der Waals surface area contributed by atoms with Crippen molar-refractivity contribution in [2.75, 3.05) is 0 Å². The summed E-state index contributed by atoms with van der Waals surface area (Å²) in [6, 6.07) is 0. The van der Waals surface area contributed by atoms with Crippen molar-refractivity contribution in [2.45, 2.75) is 43.8 Å². The molecule has 0 aromatic rings. The number of fused-ring (bicyclic) bond motifs is 2. The molecule has 4 heteroatoms. The van der Waals surface area contributed by atoms with Gasteiger partial charge < -0.3 is 0 Å². The summed E-state index contributed by atoms with van der Waals surface area (Å²) in [4.78, 5) is 0. The maximum Gasteiger partial charge on any atom is 0.271 e. The third-order valence-electron chi connectivity index (χ3n) is 3.44. The zero-order chi connectivity index (χ0) is 10.4. The van der Waals surface area contributed by atoms with E-state index in [1.54, 1.807) is 0 Å². The fourth-order valence-corrected chi connectivity index (χ4v) is 4.16. The maximum atomic E-state index is 11.4. The van der Waals surface area contributed by atoms with E-state index in [9.17, 15) is 13.0 Å². The van der Waals surface area contributed by atoms with Gasteiger partial charge in [0.05, 0.1) is 0 Å². The van der Waals surface area contributed by atoms with Crippen LogP contribution in [0.4, 0.5) is 0 Å². The molecule has 14 heavy (non-hydrogen) atoms. The molecule has 2 bridgehead atoms. The summed E-state index contributed by atoms with van der Waals surface area (Å²) in [5.41, 5.74) is 1.22. The molecular weight excluding hydrogens is 200 g/mol. The Balaban J connectivity index is 2.42. The van der Waals surface area contributed by atoms with Gasteiger partial charge >= 0.3 is 0 Å². The van der Waals surface area contributed by atoms with E-state index in [1.807, 2.05) is 6.92 Å². The van der Waals surface area contributed by atoms with E-state index < -0.39 is 14.9 Å². The highest BCUT2D eigenvalue weighted by atomic mass is 32.2. The van der Waals surface area contributed by atoms with Gasteiger partial charge in [-0.2, -0.15) is 8.42 Å². The van der Waals surface area contributed by atoms with Crippen LogP contribution in [0.15, 0.2) is 11.6 Å². The molecule has 2 aliphatic rings. The van der Waals surface area contributed by atoms with E-state index in [4.69, 9.17) is 0 Å². The topological polar surface area (TPSA) is 54.4 Å². The highest BCUT2D eigenvalue weighted by molar-refractivity contribution is 7.87. The van der Waals surface area contributed by atoms with Crippen LogP contribution in [0.25, 0.3) is 0 Å². The van der Waals surface area contributed by atoms with Crippen molar-refractivity contribution in [1.29, 1.82) is 0 Å². The largest absolute Gasteiger partial charge is 0.285 e. The highest BCUT2D eigenvalue weighted by Gasteiger charge is 2.47. The third-order valence-corrected chi connectivity index (χ3v) is 5.05. The minimum atomic E-state index is -3.89. The van der Waals surface area contributed by atoms with Gasteiger partial charge in [0.2, 0.25) is 0 Å². The maximum absolute atomic E-state index is 11.4. The fraction of sp³-hybridized carbons (Fsp3) is 0.800. The number of allylic oxidation sites excluding steroid dienone is 2. The lowest BCUT2D eigenvalue weighted by Crippen LogP contribution is -2.44. The second-order valence-electron chi connectivity index (χ2n) is 4.69. The van der Waals surface area contributed by atoms with Crippen LogP contribution in [0.5, 0.6) is 0 Å². The summed E-state index contributed by atoms with van der Waals surface area (Å²) < 4.78 is 31.2. The monoisotopic (exact) mass is 216 g/mol. The van der Waals surface area contributed by atoms with Crippen molar-refractivity contribution in [3.05, 3.63) is 11.6 Å². The van der Waals surface area contributed by atoms with Gasteiger partial charge in [-0.15, -0.1) is 0 Å². The normalized spacial score (nSPS) is 37.9. The SMILES string of the molecule is CC1C=C2CCCC(S(=O)(=O)O)(C2)C1. The molecule has 80 valence electrons. The van der Waals surface area contributed by atoms with E-state index >= 15 is 0 Å². The molecule has 1 fully saturated rings. The van der Waals surface area contributed by atoms with Gasteiger partial charge in [0.25, 0.3) is 10.1 Å². The first-order valence-electron chi connectivity index (χ1n) is 5.10. The fourth-order valence-electron chi connectivity index (χ4n) is 2.92. The van der Waals surface area contributed by atoms with Crippen molar-refractivity contribution in [2.24, 2.45) is 5.92 Å². The molecule has 0 aromatic carbocycles. The standard InChI is InChI=1S/C10H16O3S/c1-8-5-9-3-2-4-10(6-8,7-9)14(11,12)13/h5,8H,2-4,6-7H2,1H3,(H,11,12,13). The highest BCUT2D eigenvalue weighted by Crippen LogP contribution is 2.45. The minimum absolute atomic E-state index is 0.279. The molecule has 3 nitrogen and oxygen atoms in total. The molecule has 0 spiro atoms. The number of rotatable bonds is 1. The van der Waals surface area contributed by atoms with Crippen LogP contribution in [0.3, 0.4) is 0 Å². The molecule has 2 rings (SSSR count). The lowest BCUT2D eigenvalue weighted by Gasteiger charge is -2.40. The van der Waals surface area contributed by atoms with E-state index in [-0.39, 0.29) is 5.92 Å². The Morgan fingerprint density at radius 1 is 1.57 bits per heavy atom. The molecule has 0 amide bonds. The van der Waals surface area contributed by atoms with Crippen LogP contribution in [0.1, 0.15) is 39.0 Å². The molecule has 0 aromatic heterocycles. The van der Waals surface area contributed by atoms with Crippen LogP contribution >= 0.6 is 0 Å². The summed E-state index contributed by atoms with van der Waals surface area (Å²) in [5.74, 6) is 0.279. The van der Waals surface area contributed by atoms with Gasteiger partial charge in [-0.1, -0.05) is 18.6 Å². The van der Waals surface area contributed by atoms with Gasteiger partial charge in [-0.05, 0) is 38.0 Å². The van der Waals surface area contributed by atoms with Gasteiger partial charge in [0.1, 0.15) is 4.75 Å². The summed E-state index contributed by atoms with van der Waals surface area (Å²) in [5, 5.41) is 0. The minimum Gasteiger partial charge on any atom is -0.285 e. The van der Waals surface area contributed by atoms with E-state index in [1.165, 1.54) is 5.57 Å². The van der Waals surface area contributed by atoms with Gasteiger partial charge in [-0.25, -0.2) is 0 Å². The van der Waals surface area contributed by atoms with Gasteiger partial charge in [-0.3, -0.25) is 4.55 Å². The number of hydrogen-bond donors (Lipinski definition) is 1. The Bertz CT molecular complexity index is 369. The van der Waals surface area contributed by atoms with Crippen LogP contribution < -0.4 is 0 Å². The van der Waals surface area contributed by atoms with Crippen molar-refractivity contribution >= 4 is 10.1 Å². The predicted octanol–water partition coefficient (Wildman–Crippen LogP) is 2.15. The van der Waals surface area contributed by atoms with Gasteiger partial charge in [0.15, 0.2) is 0 Å². The predicted molar refractivity (Wildman–Crippen MR) is 54.6 cm³/mol. The molecular formula is C10H16O3S. The molecule has 1 N–H and O–H groups in total. The van der Waals surface area contributed by atoms with Crippen molar-refractivity contribution in [3.63, 3.8) is 0 Å². The number of hydrogen-bond acceptors (Lipinski definition) is 2. The van der Waals surface area contributed by atoms with E-state index in [2.05, 4.69) is 6.08 Å². The lowest BCUT2D eigenvalue weighted by atomic mass is 9.74. The average molecular weight is 216 g/mol. The molecule has 2 atom stereocenters.